The van der Waals surface area contributed by atoms with Crippen LogP contribution < -0.4 is 5.32 Å². The molecule has 2 fully saturated rings. The van der Waals surface area contributed by atoms with Gasteiger partial charge in [-0.2, -0.15) is 4.31 Å². The predicted molar refractivity (Wildman–Crippen MR) is 111 cm³/mol. The van der Waals surface area contributed by atoms with E-state index in [-0.39, 0.29) is 43.5 Å². The molecule has 1 aliphatic heterocycles. The number of carbonyl (C=O) groups is 1. The average molecular weight is 466 g/mol. The van der Waals surface area contributed by atoms with Crippen LogP contribution in [0.4, 0.5) is 20.2 Å². The van der Waals surface area contributed by atoms with Gasteiger partial charge in [-0.05, 0) is 37.1 Å². The molecule has 32 heavy (non-hydrogen) atoms. The van der Waals surface area contributed by atoms with Gasteiger partial charge in [-0.15, -0.1) is 0 Å². The predicted octanol–water partition coefficient (Wildman–Crippen LogP) is 2.59. The van der Waals surface area contributed by atoms with Gasteiger partial charge >= 0.3 is 0 Å². The topological polar surface area (TPSA) is 113 Å². The fourth-order valence-electron chi connectivity index (χ4n) is 3.52. The van der Waals surface area contributed by atoms with E-state index in [0.29, 0.717) is 11.8 Å². The minimum atomic E-state index is -4.20. The van der Waals surface area contributed by atoms with Crippen molar-refractivity contribution in [1.82, 2.24) is 9.21 Å². The molecule has 0 radical (unpaired) electrons. The molecule has 2 aromatic carbocycles. The second kappa shape index (κ2) is 8.43. The lowest BCUT2D eigenvalue weighted by Gasteiger charge is -2.34. The van der Waals surface area contributed by atoms with Gasteiger partial charge in [0, 0.05) is 49.9 Å². The van der Waals surface area contributed by atoms with Crippen LogP contribution in [-0.4, -0.2) is 60.7 Å². The first-order valence-corrected chi connectivity index (χ1v) is 11.4. The summed E-state index contributed by atoms with van der Waals surface area (Å²) in [6, 6.07) is 6.65. The van der Waals surface area contributed by atoms with Gasteiger partial charge in [0.2, 0.25) is 10.0 Å². The van der Waals surface area contributed by atoms with Crippen LogP contribution in [0.2, 0.25) is 0 Å². The first-order chi connectivity index (χ1) is 15.2. The molecular formula is C20H20F2N4O5S. The smallest absolute Gasteiger partial charge is 0.293 e. The number of nitrogens with one attached hydrogen (secondary N) is 1. The zero-order valence-electron chi connectivity index (χ0n) is 16.8. The minimum Gasteiger partial charge on any atom is -0.377 e. The number of hydrogen-bond donors (Lipinski definition) is 1. The molecular weight excluding hydrogens is 446 g/mol. The fourth-order valence-corrected chi connectivity index (χ4v) is 4.99. The van der Waals surface area contributed by atoms with Gasteiger partial charge in [0.25, 0.3) is 11.6 Å². The maximum atomic E-state index is 14.0. The number of hydrogen-bond acceptors (Lipinski definition) is 6. The van der Waals surface area contributed by atoms with Crippen LogP contribution in [0, 0.1) is 21.7 Å². The summed E-state index contributed by atoms with van der Waals surface area (Å²) in [5, 5.41) is 14.5. The first kappa shape index (κ1) is 22.1. The summed E-state index contributed by atoms with van der Waals surface area (Å²) >= 11 is 0. The van der Waals surface area contributed by atoms with Gasteiger partial charge in [-0.25, -0.2) is 17.2 Å². The molecule has 0 aromatic heterocycles. The second-order valence-corrected chi connectivity index (χ2v) is 9.59. The quantitative estimate of drug-likeness (QED) is 0.517. The molecule has 0 bridgehead atoms. The largest absolute Gasteiger partial charge is 0.377 e. The van der Waals surface area contributed by atoms with Crippen molar-refractivity contribution in [2.24, 2.45) is 0 Å². The highest BCUT2D eigenvalue weighted by Crippen LogP contribution is 2.32. The van der Waals surface area contributed by atoms with Crippen molar-refractivity contribution in [1.29, 1.82) is 0 Å². The number of rotatable bonds is 6. The Kier molecular flexibility index (Phi) is 5.82. The summed E-state index contributed by atoms with van der Waals surface area (Å²) in [4.78, 5) is 24.5. The number of carbonyl (C=O) groups excluding carboxylic acids is 1. The molecule has 1 amide bonds. The van der Waals surface area contributed by atoms with Crippen molar-refractivity contribution in [2.45, 2.75) is 23.8 Å². The zero-order valence-corrected chi connectivity index (χ0v) is 17.6. The summed E-state index contributed by atoms with van der Waals surface area (Å²) in [7, 11) is -4.20. The summed E-state index contributed by atoms with van der Waals surface area (Å²) in [5.74, 6) is -2.53. The number of halogens is 2. The van der Waals surface area contributed by atoms with Crippen LogP contribution in [0.5, 0.6) is 0 Å². The molecule has 1 saturated carbocycles. The number of nitro benzene ring substituents is 1. The lowest BCUT2D eigenvalue weighted by atomic mass is 10.1. The fraction of sp³-hybridized carbons (Fsp3) is 0.350. The first-order valence-electron chi connectivity index (χ1n) is 9.96. The molecule has 2 aromatic rings. The van der Waals surface area contributed by atoms with E-state index >= 15 is 0 Å². The van der Waals surface area contributed by atoms with Gasteiger partial charge < -0.3 is 10.2 Å². The van der Waals surface area contributed by atoms with Crippen LogP contribution >= 0.6 is 0 Å². The lowest BCUT2D eigenvalue weighted by Crippen LogP contribution is -2.50. The van der Waals surface area contributed by atoms with Crippen LogP contribution in [0.25, 0.3) is 0 Å². The summed E-state index contributed by atoms with van der Waals surface area (Å²) in [6.07, 6.45) is 1.87. The molecule has 0 unspecified atom stereocenters. The third kappa shape index (κ3) is 4.41. The summed E-state index contributed by atoms with van der Waals surface area (Å²) in [5.41, 5.74) is 0.279. The zero-order chi connectivity index (χ0) is 23.0. The number of benzene rings is 2. The van der Waals surface area contributed by atoms with Crippen LogP contribution in [0.15, 0.2) is 41.3 Å². The Morgan fingerprint density at radius 1 is 1.06 bits per heavy atom. The molecule has 12 heteroatoms. The lowest BCUT2D eigenvalue weighted by molar-refractivity contribution is -0.384. The Hall–Kier alpha value is -3.12. The molecule has 1 heterocycles. The average Bonchev–Trinajstić information content (AvgIpc) is 3.57. The van der Waals surface area contributed by atoms with E-state index < -0.39 is 37.4 Å². The molecule has 4 rings (SSSR count). The van der Waals surface area contributed by atoms with Gasteiger partial charge in [0.1, 0.15) is 22.2 Å². The Balaban J connectivity index is 1.46. The van der Waals surface area contributed by atoms with Crippen molar-refractivity contribution in [2.75, 3.05) is 31.5 Å². The number of piperazine rings is 1. The SMILES string of the molecule is O=C(c1ccc(NC2CC2)c([N+](=O)[O-])c1)N1CCN(S(=O)(=O)c2ccc(F)cc2F)CC1. The van der Waals surface area contributed by atoms with E-state index in [1.807, 2.05) is 0 Å². The van der Waals surface area contributed by atoms with Gasteiger partial charge in [0.05, 0.1) is 4.92 Å². The van der Waals surface area contributed by atoms with Gasteiger partial charge in [0.15, 0.2) is 0 Å². The number of nitro groups is 1. The molecule has 170 valence electrons. The maximum Gasteiger partial charge on any atom is 0.293 e. The normalized spacial score (nSPS) is 17.2. The maximum absolute atomic E-state index is 14.0. The number of anilines is 1. The van der Waals surface area contributed by atoms with E-state index in [0.717, 1.165) is 29.3 Å². The molecule has 0 spiro atoms. The van der Waals surface area contributed by atoms with E-state index in [2.05, 4.69) is 5.32 Å². The van der Waals surface area contributed by atoms with Crippen molar-refractivity contribution < 1.29 is 26.9 Å². The number of nitrogens with zero attached hydrogens (tertiary/aromatic N) is 3. The minimum absolute atomic E-state index is 0.0246. The van der Waals surface area contributed by atoms with Crippen molar-refractivity contribution in [3.05, 3.63) is 63.7 Å². The van der Waals surface area contributed by atoms with E-state index in [4.69, 9.17) is 0 Å². The van der Waals surface area contributed by atoms with Crippen LogP contribution in [-0.2, 0) is 10.0 Å². The second-order valence-electron chi connectivity index (χ2n) is 7.68. The number of sulfonamides is 1. The van der Waals surface area contributed by atoms with Gasteiger partial charge in [-0.3, -0.25) is 14.9 Å². The molecule has 1 N–H and O–H groups in total. The Labute approximate surface area is 182 Å². The van der Waals surface area contributed by atoms with Crippen molar-refractivity contribution >= 4 is 27.3 Å². The molecule has 0 atom stereocenters. The molecule has 9 nitrogen and oxygen atoms in total. The monoisotopic (exact) mass is 466 g/mol. The molecule has 1 aliphatic carbocycles. The Morgan fingerprint density at radius 2 is 1.75 bits per heavy atom. The highest BCUT2D eigenvalue weighted by molar-refractivity contribution is 7.89. The standard InChI is InChI=1S/C20H20F2N4O5S/c21-14-2-6-19(16(22)12-14)32(30,31)25-9-7-24(8-10-25)20(27)13-1-5-17(23-15-3-4-15)18(11-13)26(28)29/h1-2,5-6,11-12,15,23H,3-4,7-10H2. The van der Waals surface area contributed by atoms with Crippen LogP contribution in [0.1, 0.15) is 23.2 Å². The van der Waals surface area contributed by atoms with Crippen molar-refractivity contribution in [3.63, 3.8) is 0 Å². The van der Waals surface area contributed by atoms with E-state index in [9.17, 15) is 32.1 Å². The Morgan fingerprint density at radius 3 is 2.34 bits per heavy atom. The summed E-state index contributed by atoms with van der Waals surface area (Å²) in [6.45, 7) is -0.129. The van der Waals surface area contributed by atoms with E-state index in [1.54, 1.807) is 0 Å². The Bertz CT molecular complexity index is 1180. The van der Waals surface area contributed by atoms with Crippen LogP contribution in [0.3, 0.4) is 0 Å². The van der Waals surface area contributed by atoms with Crippen molar-refractivity contribution in [3.8, 4) is 0 Å². The highest BCUT2D eigenvalue weighted by Gasteiger charge is 2.33. The molecule has 2 aliphatic rings. The third-order valence-electron chi connectivity index (χ3n) is 5.42. The summed E-state index contributed by atoms with van der Waals surface area (Å²) < 4.78 is 53.5. The van der Waals surface area contributed by atoms with E-state index in [1.165, 1.54) is 23.1 Å². The third-order valence-corrected chi connectivity index (χ3v) is 7.35. The van der Waals surface area contributed by atoms with Gasteiger partial charge in [-0.1, -0.05) is 0 Å². The molecule has 1 saturated heterocycles. The highest BCUT2D eigenvalue weighted by atomic mass is 32.2. The number of amides is 1.